The first-order valence-electron chi connectivity index (χ1n) is 5.82. The second kappa shape index (κ2) is 4.11. The summed E-state index contributed by atoms with van der Waals surface area (Å²) in [5, 5.41) is 5.48. The van der Waals surface area contributed by atoms with Gasteiger partial charge in [0.15, 0.2) is 0 Å². The Kier molecular flexibility index (Phi) is 2.62. The minimum atomic E-state index is 0.648. The summed E-state index contributed by atoms with van der Waals surface area (Å²) in [6, 6.07) is 6.06. The molecule has 1 aliphatic heterocycles. The third-order valence-corrected chi connectivity index (χ3v) is 3.78. The van der Waals surface area contributed by atoms with E-state index in [1.54, 1.807) is 0 Å². The Morgan fingerprint density at radius 1 is 1.19 bits per heavy atom. The van der Waals surface area contributed by atoms with E-state index in [1.807, 2.05) is 12.1 Å². The van der Waals surface area contributed by atoms with E-state index >= 15 is 0 Å². The Morgan fingerprint density at radius 3 is 2.81 bits per heavy atom. The molecule has 1 aromatic carbocycles. The highest BCUT2D eigenvalue weighted by Crippen LogP contribution is 2.35. The van der Waals surface area contributed by atoms with Gasteiger partial charge in [-0.3, -0.25) is 0 Å². The van der Waals surface area contributed by atoms with Crippen molar-refractivity contribution < 1.29 is 0 Å². The van der Waals surface area contributed by atoms with Crippen LogP contribution < -0.4 is 5.32 Å². The molecule has 0 atom stereocenters. The fraction of sp³-hybridized carbons (Fsp3) is 0.385. The van der Waals surface area contributed by atoms with Gasteiger partial charge in [0.1, 0.15) is 0 Å². The van der Waals surface area contributed by atoms with Gasteiger partial charge >= 0.3 is 0 Å². The van der Waals surface area contributed by atoms with Crippen molar-refractivity contribution in [2.75, 3.05) is 13.1 Å². The van der Waals surface area contributed by atoms with Gasteiger partial charge in [0.2, 0.25) is 0 Å². The number of hydrogen-bond acceptors (Lipinski definition) is 1. The van der Waals surface area contributed by atoms with Crippen LogP contribution in [-0.2, 0) is 0 Å². The number of rotatable bonds is 1. The maximum Gasteiger partial charge on any atom is 0.0502 e. The van der Waals surface area contributed by atoms with Gasteiger partial charge in [0, 0.05) is 17.1 Å². The maximum absolute atomic E-state index is 6.29. The largest absolute Gasteiger partial charge is 0.361 e. The molecule has 2 heterocycles. The van der Waals surface area contributed by atoms with Gasteiger partial charge in [0.25, 0.3) is 0 Å². The van der Waals surface area contributed by atoms with Crippen molar-refractivity contribution in [2.24, 2.45) is 0 Å². The molecule has 2 N–H and O–H groups in total. The third-order valence-electron chi connectivity index (χ3n) is 3.46. The van der Waals surface area contributed by atoms with Crippen LogP contribution in [0.2, 0.25) is 5.02 Å². The molecule has 1 aliphatic rings. The third kappa shape index (κ3) is 1.62. The molecule has 1 saturated heterocycles. The normalized spacial score (nSPS) is 18.1. The number of aromatic amines is 1. The van der Waals surface area contributed by atoms with Gasteiger partial charge in [-0.25, -0.2) is 0 Å². The van der Waals surface area contributed by atoms with Gasteiger partial charge in [-0.15, -0.1) is 0 Å². The van der Waals surface area contributed by atoms with Gasteiger partial charge in [0.05, 0.1) is 5.02 Å². The molecule has 0 radical (unpaired) electrons. The Bertz CT molecular complexity index is 498. The van der Waals surface area contributed by atoms with Gasteiger partial charge in [-0.1, -0.05) is 17.7 Å². The number of fused-ring (bicyclic) bond motifs is 1. The molecule has 0 saturated carbocycles. The summed E-state index contributed by atoms with van der Waals surface area (Å²) in [5.41, 5.74) is 2.54. The molecule has 2 nitrogen and oxygen atoms in total. The molecule has 3 rings (SSSR count). The van der Waals surface area contributed by atoms with Crippen molar-refractivity contribution in [3.8, 4) is 0 Å². The van der Waals surface area contributed by atoms with Crippen LogP contribution >= 0.6 is 11.6 Å². The molecule has 1 fully saturated rings. The van der Waals surface area contributed by atoms with E-state index in [4.69, 9.17) is 11.6 Å². The standard InChI is InChI=1S/C13H15ClN2/c14-11-2-1-3-12-13(11)10(8-16-12)9-4-6-15-7-5-9/h1-3,8-9,15-16H,4-7H2. The van der Waals surface area contributed by atoms with E-state index < -0.39 is 0 Å². The quantitative estimate of drug-likeness (QED) is 0.779. The van der Waals surface area contributed by atoms with E-state index in [-0.39, 0.29) is 0 Å². The topological polar surface area (TPSA) is 27.8 Å². The SMILES string of the molecule is Clc1cccc2[nH]cc(C3CCNCC3)c12. The molecule has 0 bridgehead atoms. The fourth-order valence-corrected chi connectivity index (χ4v) is 2.90. The van der Waals surface area contributed by atoms with Crippen LogP contribution in [0.4, 0.5) is 0 Å². The van der Waals surface area contributed by atoms with Crippen molar-refractivity contribution in [3.05, 3.63) is 35.0 Å². The molecule has 0 amide bonds. The van der Waals surface area contributed by atoms with Crippen molar-refractivity contribution in [1.29, 1.82) is 0 Å². The highest BCUT2D eigenvalue weighted by atomic mass is 35.5. The summed E-state index contributed by atoms with van der Waals surface area (Å²) < 4.78 is 0. The van der Waals surface area contributed by atoms with Crippen LogP contribution in [0.3, 0.4) is 0 Å². The summed E-state index contributed by atoms with van der Waals surface area (Å²) >= 11 is 6.29. The molecular formula is C13H15ClN2. The first kappa shape index (κ1) is 10.2. The smallest absolute Gasteiger partial charge is 0.0502 e. The van der Waals surface area contributed by atoms with E-state index in [9.17, 15) is 0 Å². The molecule has 16 heavy (non-hydrogen) atoms. The van der Waals surface area contributed by atoms with Crippen LogP contribution in [0.25, 0.3) is 10.9 Å². The maximum atomic E-state index is 6.29. The molecule has 84 valence electrons. The number of nitrogens with one attached hydrogen (secondary N) is 2. The van der Waals surface area contributed by atoms with Gasteiger partial charge < -0.3 is 10.3 Å². The van der Waals surface area contributed by atoms with E-state index in [1.165, 1.54) is 23.8 Å². The number of benzene rings is 1. The second-order valence-corrected chi connectivity index (χ2v) is 4.84. The Hall–Kier alpha value is -0.990. The summed E-state index contributed by atoms with van der Waals surface area (Å²) in [7, 11) is 0. The highest BCUT2D eigenvalue weighted by Gasteiger charge is 2.19. The lowest BCUT2D eigenvalue weighted by molar-refractivity contribution is 0.462. The van der Waals surface area contributed by atoms with Crippen molar-refractivity contribution in [1.82, 2.24) is 10.3 Å². The summed E-state index contributed by atoms with van der Waals surface area (Å²) in [5.74, 6) is 0.648. The van der Waals surface area contributed by atoms with Crippen molar-refractivity contribution in [2.45, 2.75) is 18.8 Å². The number of hydrogen-bond donors (Lipinski definition) is 2. The van der Waals surface area contributed by atoms with Crippen LogP contribution in [0, 0.1) is 0 Å². The van der Waals surface area contributed by atoms with Gasteiger partial charge in [-0.05, 0) is 49.5 Å². The fourth-order valence-electron chi connectivity index (χ4n) is 2.62. The number of H-pyrrole nitrogens is 1. The first-order valence-corrected chi connectivity index (χ1v) is 6.20. The molecule has 3 heteroatoms. The van der Waals surface area contributed by atoms with E-state index in [0.717, 1.165) is 23.6 Å². The minimum absolute atomic E-state index is 0.648. The average molecular weight is 235 g/mol. The summed E-state index contributed by atoms with van der Waals surface area (Å²) in [4.78, 5) is 3.32. The first-order chi connectivity index (χ1) is 7.86. The lowest BCUT2D eigenvalue weighted by Crippen LogP contribution is -2.26. The lowest BCUT2D eigenvalue weighted by atomic mass is 9.90. The molecular weight excluding hydrogens is 220 g/mol. The molecule has 0 unspecified atom stereocenters. The number of halogens is 1. The lowest BCUT2D eigenvalue weighted by Gasteiger charge is -2.22. The minimum Gasteiger partial charge on any atom is -0.361 e. The zero-order valence-electron chi connectivity index (χ0n) is 9.09. The highest BCUT2D eigenvalue weighted by molar-refractivity contribution is 6.35. The molecule has 2 aromatic rings. The molecule has 0 spiro atoms. The number of aromatic nitrogens is 1. The Labute approximate surface area is 100.0 Å². The Morgan fingerprint density at radius 2 is 2.00 bits per heavy atom. The van der Waals surface area contributed by atoms with E-state index in [0.29, 0.717) is 5.92 Å². The second-order valence-electron chi connectivity index (χ2n) is 4.43. The van der Waals surface area contributed by atoms with Crippen molar-refractivity contribution >= 4 is 22.5 Å². The zero-order valence-corrected chi connectivity index (χ0v) is 9.85. The van der Waals surface area contributed by atoms with Crippen LogP contribution in [0.5, 0.6) is 0 Å². The summed E-state index contributed by atoms with van der Waals surface area (Å²) in [6.45, 7) is 2.23. The average Bonchev–Trinajstić information content (AvgIpc) is 2.75. The molecule has 0 aliphatic carbocycles. The Balaban J connectivity index is 2.09. The van der Waals surface area contributed by atoms with Crippen LogP contribution in [0.15, 0.2) is 24.4 Å². The van der Waals surface area contributed by atoms with Gasteiger partial charge in [-0.2, -0.15) is 0 Å². The predicted molar refractivity (Wildman–Crippen MR) is 68.2 cm³/mol. The zero-order chi connectivity index (χ0) is 11.0. The number of piperidine rings is 1. The van der Waals surface area contributed by atoms with Crippen molar-refractivity contribution in [3.63, 3.8) is 0 Å². The van der Waals surface area contributed by atoms with E-state index in [2.05, 4.69) is 22.6 Å². The predicted octanol–water partition coefficient (Wildman–Crippen LogP) is 3.29. The molecule has 1 aromatic heterocycles. The van der Waals surface area contributed by atoms with Crippen LogP contribution in [-0.4, -0.2) is 18.1 Å². The summed E-state index contributed by atoms with van der Waals surface area (Å²) in [6.07, 6.45) is 4.54. The van der Waals surface area contributed by atoms with Crippen LogP contribution in [0.1, 0.15) is 24.3 Å². The monoisotopic (exact) mass is 234 g/mol.